The van der Waals surface area contributed by atoms with E-state index in [9.17, 15) is 4.79 Å². The van der Waals surface area contributed by atoms with Gasteiger partial charge >= 0.3 is 0 Å². The zero-order chi connectivity index (χ0) is 25.1. The molecule has 1 amide bonds. The summed E-state index contributed by atoms with van der Waals surface area (Å²) in [6, 6.07) is 17.4. The highest BCUT2D eigenvalue weighted by molar-refractivity contribution is 5.94. The van der Waals surface area contributed by atoms with Crippen LogP contribution in [0.25, 0.3) is 16.7 Å². The smallest absolute Gasteiger partial charge is 0.253 e. The first-order valence-corrected chi connectivity index (χ1v) is 12.6. The van der Waals surface area contributed by atoms with Gasteiger partial charge in [0.25, 0.3) is 5.91 Å². The van der Waals surface area contributed by atoms with E-state index in [0.717, 1.165) is 65.6 Å². The number of anilines is 1. The third kappa shape index (κ3) is 4.63. The van der Waals surface area contributed by atoms with Gasteiger partial charge in [-0.25, -0.2) is 14.6 Å². The number of aromatic nitrogens is 4. The van der Waals surface area contributed by atoms with Gasteiger partial charge in [0.15, 0.2) is 5.65 Å². The predicted octanol–water partition coefficient (Wildman–Crippen LogP) is 4.44. The molecule has 186 valence electrons. The average Bonchev–Trinajstić information content (AvgIpc) is 3.08. The number of ether oxygens (including phenoxy) is 1. The third-order valence-electron chi connectivity index (χ3n) is 6.62. The van der Waals surface area contributed by atoms with Crippen LogP contribution in [0.4, 0.5) is 5.82 Å². The van der Waals surface area contributed by atoms with E-state index in [1.807, 2.05) is 71.1 Å². The van der Waals surface area contributed by atoms with Crippen LogP contribution in [-0.4, -0.2) is 63.8 Å². The van der Waals surface area contributed by atoms with E-state index in [4.69, 9.17) is 19.8 Å². The van der Waals surface area contributed by atoms with Crippen molar-refractivity contribution in [2.75, 3.05) is 38.2 Å². The molecule has 1 fully saturated rings. The summed E-state index contributed by atoms with van der Waals surface area (Å²) in [5.41, 5.74) is 3.40. The number of hydrogen-bond acceptors (Lipinski definition) is 6. The van der Waals surface area contributed by atoms with Gasteiger partial charge < -0.3 is 14.5 Å². The molecule has 3 heterocycles. The number of methoxy groups -OCH3 is 1. The minimum atomic E-state index is 0.0482. The molecule has 8 nitrogen and oxygen atoms in total. The van der Waals surface area contributed by atoms with Crippen molar-refractivity contribution in [2.24, 2.45) is 0 Å². The number of benzene rings is 2. The van der Waals surface area contributed by atoms with Gasteiger partial charge in [0.05, 0.1) is 23.9 Å². The fraction of sp³-hybridized carbons (Fsp3) is 0.357. The molecular formula is C28H32N6O2. The molecule has 0 saturated carbocycles. The molecule has 0 unspecified atom stereocenters. The van der Waals surface area contributed by atoms with Crippen LogP contribution in [0.1, 0.15) is 41.6 Å². The number of carbonyl (C=O) groups excluding carboxylic acids is 1. The molecule has 1 aliphatic rings. The maximum atomic E-state index is 13.2. The standard InChI is InChI=1S/C28H32N6O2/c1-4-9-24-29-26(25-20(2)31-34(27(25)30-24)22-10-6-5-7-11-22)32-16-8-17-33(19-18-32)28(35)21-12-14-23(36-3)15-13-21/h5-7,10-15H,4,8-9,16-19H2,1-3H3. The van der Waals surface area contributed by atoms with Gasteiger partial charge in [-0.2, -0.15) is 5.10 Å². The lowest BCUT2D eigenvalue weighted by molar-refractivity contribution is 0.0767. The second kappa shape index (κ2) is 10.4. The van der Waals surface area contributed by atoms with E-state index in [-0.39, 0.29) is 5.91 Å². The van der Waals surface area contributed by atoms with E-state index in [2.05, 4.69) is 11.8 Å². The Morgan fingerprint density at radius 1 is 0.972 bits per heavy atom. The zero-order valence-corrected chi connectivity index (χ0v) is 21.1. The van der Waals surface area contributed by atoms with E-state index >= 15 is 0 Å². The van der Waals surface area contributed by atoms with Gasteiger partial charge in [-0.1, -0.05) is 25.1 Å². The van der Waals surface area contributed by atoms with Crippen LogP contribution >= 0.6 is 0 Å². The summed E-state index contributed by atoms with van der Waals surface area (Å²) < 4.78 is 7.15. The van der Waals surface area contributed by atoms with E-state index in [0.29, 0.717) is 25.2 Å². The summed E-state index contributed by atoms with van der Waals surface area (Å²) in [6.45, 7) is 7.02. The molecule has 2 aromatic heterocycles. The van der Waals surface area contributed by atoms with Crippen molar-refractivity contribution in [3.05, 3.63) is 71.7 Å². The molecule has 36 heavy (non-hydrogen) atoms. The van der Waals surface area contributed by atoms with Gasteiger partial charge in [-0.05, 0) is 56.2 Å². The summed E-state index contributed by atoms with van der Waals surface area (Å²) in [6.07, 6.45) is 2.63. The average molecular weight is 485 g/mol. The SMILES string of the molecule is CCCc1nc(N2CCCN(C(=O)c3ccc(OC)cc3)CC2)c2c(C)nn(-c3ccccc3)c2n1. The first-order valence-electron chi connectivity index (χ1n) is 12.6. The number of aryl methyl sites for hydroxylation is 2. The van der Waals surface area contributed by atoms with Crippen molar-refractivity contribution >= 4 is 22.8 Å². The van der Waals surface area contributed by atoms with Gasteiger partial charge in [-0.15, -0.1) is 0 Å². The van der Waals surface area contributed by atoms with E-state index in [1.165, 1.54) is 0 Å². The first-order chi connectivity index (χ1) is 17.6. The minimum Gasteiger partial charge on any atom is -0.497 e. The topological polar surface area (TPSA) is 76.4 Å². The fourth-order valence-electron chi connectivity index (χ4n) is 4.77. The summed E-state index contributed by atoms with van der Waals surface area (Å²) >= 11 is 0. The largest absolute Gasteiger partial charge is 0.497 e. The molecule has 2 aromatic carbocycles. The number of fused-ring (bicyclic) bond motifs is 1. The quantitative estimate of drug-likeness (QED) is 0.403. The predicted molar refractivity (Wildman–Crippen MR) is 141 cm³/mol. The highest BCUT2D eigenvalue weighted by Gasteiger charge is 2.25. The number of nitrogens with zero attached hydrogens (tertiary/aromatic N) is 6. The molecule has 4 aromatic rings. The molecule has 1 saturated heterocycles. The zero-order valence-electron chi connectivity index (χ0n) is 21.1. The number of amides is 1. The molecule has 0 bridgehead atoms. The van der Waals surface area contributed by atoms with E-state index in [1.54, 1.807) is 7.11 Å². The minimum absolute atomic E-state index is 0.0482. The molecule has 0 spiro atoms. The monoisotopic (exact) mass is 484 g/mol. The van der Waals surface area contributed by atoms with Crippen LogP contribution in [0.5, 0.6) is 5.75 Å². The Bertz CT molecular complexity index is 1350. The lowest BCUT2D eigenvalue weighted by Crippen LogP contribution is -2.35. The summed E-state index contributed by atoms with van der Waals surface area (Å²) in [5, 5.41) is 5.83. The van der Waals surface area contributed by atoms with Crippen LogP contribution in [0.15, 0.2) is 54.6 Å². The fourth-order valence-corrected chi connectivity index (χ4v) is 4.77. The van der Waals surface area contributed by atoms with Crippen LogP contribution < -0.4 is 9.64 Å². The molecule has 0 N–H and O–H groups in total. The Morgan fingerprint density at radius 3 is 2.47 bits per heavy atom. The molecule has 1 aliphatic heterocycles. The van der Waals surface area contributed by atoms with Crippen LogP contribution in [-0.2, 0) is 6.42 Å². The van der Waals surface area contributed by atoms with Crippen molar-refractivity contribution in [3.8, 4) is 11.4 Å². The van der Waals surface area contributed by atoms with Gasteiger partial charge in [0.1, 0.15) is 17.4 Å². The van der Waals surface area contributed by atoms with Crippen LogP contribution in [0.2, 0.25) is 0 Å². The lowest BCUT2D eigenvalue weighted by Gasteiger charge is -2.24. The molecule has 8 heteroatoms. The Labute approximate surface area is 211 Å². The number of carbonyl (C=O) groups is 1. The van der Waals surface area contributed by atoms with Crippen molar-refractivity contribution in [3.63, 3.8) is 0 Å². The summed E-state index contributed by atoms with van der Waals surface area (Å²) in [5.74, 6) is 2.54. The van der Waals surface area contributed by atoms with Gasteiger partial charge in [0.2, 0.25) is 0 Å². The highest BCUT2D eigenvalue weighted by Crippen LogP contribution is 2.30. The second-order valence-corrected chi connectivity index (χ2v) is 9.11. The number of rotatable bonds is 6. The summed E-state index contributed by atoms with van der Waals surface area (Å²) in [4.78, 5) is 27.4. The highest BCUT2D eigenvalue weighted by atomic mass is 16.5. The van der Waals surface area contributed by atoms with Crippen LogP contribution in [0.3, 0.4) is 0 Å². The van der Waals surface area contributed by atoms with Gasteiger partial charge in [0, 0.05) is 38.2 Å². The molecule has 0 radical (unpaired) electrons. The van der Waals surface area contributed by atoms with Crippen molar-refractivity contribution in [1.82, 2.24) is 24.6 Å². The molecule has 0 atom stereocenters. The Kier molecular flexibility index (Phi) is 6.84. The molecule has 5 rings (SSSR count). The third-order valence-corrected chi connectivity index (χ3v) is 6.62. The number of hydrogen-bond donors (Lipinski definition) is 0. The Balaban J connectivity index is 1.46. The number of para-hydroxylation sites is 1. The Hall–Kier alpha value is -3.94. The van der Waals surface area contributed by atoms with E-state index < -0.39 is 0 Å². The van der Waals surface area contributed by atoms with Crippen molar-refractivity contribution < 1.29 is 9.53 Å². The molecular weight excluding hydrogens is 452 g/mol. The van der Waals surface area contributed by atoms with Crippen molar-refractivity contribution in [2.45, 2.75) is 33.1 Å². The summed E-state index contributed by atoms with van der Waals surface area (Å²) in [7, 11) is 1.63. The molecule has 0 aliphatic carbocycles. The maximum Gasteiger partial charge on any atom is 0.253 e. The normalized spacial score (nSPS) is 14.2. The maximum absolute atomic E-state index is 13.2. The van der Waals surface area contributed by atoms with Crippen LogP contribution in [0, 0.1) is 6.92 Å². The van der Waals surface area contributed by atoms with Gasteiger partial charge in [-0.3, -0.25) is 4.79 Å². The van der Waals surface area contributed by atoms with Crippen molar-refractivity contribution in [1.29, 1.82) is 0 Å². The lowest BCUT2D eigenvalue weighted by atomic mass is 10.2. The Morgan fingerprint density at radius 2 is 1.75 bits per heavy atom. The second-order valence-electron chi connectivity index (χ2n) is 9.11. The first kappa shape index (κ1) is 23.8.